The molecule has 120 valence electrons. The first kappa shape index (κ1) is 14.5. The lowest BCUT2D eigenvalue weighted by Gasteiger charge is -2.44. The summed E-state index contributed by atoms with van der Waals surface area (Å²) in [5.41, 5.74) is 2.81. The van der Waals surface area contributed by atoms with E-state index in [1.54, 1.807) is 12.5 Å². The predicted octanol–water partition coefficient (Wildman–Crippen LogP) is 3.26. The average Bonchev–Trinajstić information content (AvgIpc) is 3.15. The SMILES string of the molecule is O=C(c1cccc(-c2ccoc2)c1)N1CCN2CCCCC2C1. The van der Waals surface area contributed by atoms with Crippen LogP contribution in [0.1, 0.15) is 29.6 Å². The molecule has 0 N–H and O–H groups in total. The Morgan fingerprint density at radius 2 is 2.04 bits per heavy atom. The van der Waals surface area contributed by atoms with Crippen LogP contribution < -0.4 is 0 Å². The first-order chi connectivity index (χ1) is 11.3. The highest BCUT2D eigenvalue weighted by Gasteiger charge is 2.31. The summed E-state index contributed by atoms with van der Waals surface area (Å²) >= 11 is 0. The second-order valence-electron chi connectivity index (χ2n) is 6.53. The summed E-state index contributed by atoms with van der Waals surface area (Å²) in [5, 5.41) is 0. The van der Waals surface area contributed by atoms with E-state index in [1.165, 1.54) is 25.8 Å². The van der Waals surface area contributed by atoms with Crippen LogP contribution in [0.3, 0.4) is 0 Å². The number of piperazine rings is 1. The Morgan fingerprint density at radius 3 is 2.91 bits per heavy atom. The van der Waals surface area contributed by atoms with Gasteiger partial charge in [-0.3, -0.25) is 9.69 Å². The van der Waals surface area contributed by atoms with Crippen LogP contribution in [0, 0.1) is 0 Å². The lowest BCUT2D eigenvalue weighted by molar-refractivity contribution is 0.0372. The van der Waals surface area contributed by atoms with E-state index >= 15 is 0 Å². The number of fused-ring (bicyclic) bond motifs is 1. The maximum Gasteiger partial charge on any atom is 0.253 e. The van der Waals surface area contributed by atoms with Gasteiger partial charge in [-0.1, -0.05) is 18.6 Å². The van der Waals surface area contributed by atoms with Crippen LogP contribution in [-0.2, 0) is 0 Å². The third-order valence-electron chi connectivity index (χ3n) is 5.09. The minimum absolute atomic E-state index is 0.153. The number of benzene rings is 1. The molecule has 2 fully saturated rings. The van der Waals surface area contributed by atoms with E-state index in [-0.39, 0.29) is 5.91 Å². The summed E-state index contributed by atoms with van der Waals surface area (Å²) in [6.45, 7) is 3.92. The Kier molecular flexibility index (Phi) is 3.92. The zero-order valence-electron chi connectivity index (χ0n) is 13.3. The van der Waals surface area contributed by atoms with Crippen LogP contribution in [0.4, 0.5) is 0 Å². The van der Waals surface area contributed by atoms with Crippen LogP contribution in [0.15, 0.2) is 47.3 Å². The number of carbonyl (C=O) groups is 1. The standard InChI is InChI=1S/C19H22N2O2/c22-19(21-10-9-20-8-2-1-6-18(20)13-21)16-5-3-4-15(12-16)17-7-11-23-14-17/h3-5,7,11-12,14,18H,1-2,6,8-10,13H2. The van der Waals surface area contributed by atoms with Gasteiger partial charge in [0.15, 0.2) is 0 Å². The molecule has 4 rings (SSSR count). The molecule has 0 saturated carbocycles. The summed E-state index contributed by atoms with van der Waals surface area (Å²) in [6, 6.07) is 10.3. The van der Waals surface area contributed by atoms with Crippen molar-refractivity contribution < 1.29 is 9.21 Å². The lowest BCUT2D eigenvalue weighted by Crippen LogP contribution is -2.56. The van der Waals surface area contributed by atoms with Gasteiger partial charge in [-0.05, 0) is 43.1 Å². The molecule has 2 aliphatic heterocycles. The van der Waals surface area contributed by atoms with E-state index < -0.39 is 0 Å². The molecule has 2 aliphatic rings. The van der Waals surface area contributed by atoms with Gasteiger partial charge >= 0.3 is 0 Å². The molecule has 4 nitrogen and oxygen atoms in total. The molecule has 3 heterocycles. The number of piperidine rings is 1. The fourth-order valence-corrected chi connectivity index (χ4v) is 3.78. The fourth-order valence-electron chi connectivity index (χ4n) is 3.78. The molecule has 1 amide bonds. The summed E-state index contributed by atoms with van der Waals surface area (Å²) in [5.74, 6) is 0.153. The molecule has 1 atom stereocenters. The minimum Gasteiger partial charge on any atom is -0.472 e. The topological polar surface area (TPSA) is 36.7 Å². The highest BCUT2D eigenvalue weighted by Crippen LogP contribution is 2.24. The van der Waals surface area contributed by atoms with Gasteiger partial charge < -0.3 is 9.32 Å². The smallest absolute Gasteiger partial charge is 0.253 e. The van der Waals surface area contributed by atoms with E-state index in [2.05, 4.69) is 4.90 Å². The van der Waals surface area contributed by atoms with Crippen molar-refractivity contribution in [3.8, 4) is 11.1 Å². The van der Waals surface area contributed by atoms with Gasteiger partial charge in [-0.25, -0.2) is 0 Å². The largest absolute Gasteiger partial charge is 0.472 e. The minimum atomic E-state index is 0.153. The number of amides is 1. The molecule has 2 aromatic rings. The maximum absolute atomic E-state index is 12.9. The van der Waals surface area contributed by atoms with Crippen molar-refractivity contribution >= 4 is 5.91 Å². The number of hydrogen-bond acceptors (Lipinski definition) is 3. The van der Waals surface area contributed by atoms with Crippen molar-refractivity contribution in [2.24, 2.45) is 0 Å². The van der Waals surface area contributed by atoms with Crippen molar-refractivity contribution in [2.45, 2.75) is 25.3 Å². The number of furan rings is 1. The van der Waals surface area contributed by atoms with Crippen molar-refractivity contribution in [1.82, 2.24) is 9.80 Å². The van der Waals surface area contributed by atoms with Crippen molar-refractivity contribution in [2.75, 3.05) is 26.2 Å². The first-order valence-corrected chi connectivity index (χ1v) is 8.47. The maximum atomic E-state index is 12.9. The van der Waals surface area contributed by atoms with Gasteiger partial charge in [-0.15, -0.1) is 0 Å². The van der Waals surface area contributed by atoms with Crippen molar-refractivity contribution in [1.29, 1.82) is 0 Å². The molecule has 4 heteroatoms. The number of rotatable bonds is 2. The number of carbonyl (C=O) groups excluding carboxylic acids is 1. The number of nitrogens with zero attached hydrogens (tertiary/aromatic N) is 2. The molecule has 0 spiro atoms. The molecule has 0 bridgehead atoms. The molecule has 1 aromatic heterocycles. The number of hydrogen-bond donors (Lipinski definition) is 0. The molecule has 2 saturated heterocycles. The average molecular weight is 310 g/mol. The van der Waals surface area contributed by atoms with E-state index in [0.29, 0.717) is 6.04 Å². The highest BCUT2D eigenvalue weighted by atomic mass is 16.3. The molecule has 1 aromatic carbocycles. The van der Waals surface area contributed by atoms with Gasteiger partial charge in [0.2, 0.25) is 0 Å². The van der Waals surface area contributed by atoms with Gasteiger partial charge in [0, 0.05) is 36.8 Å². The van der Waals surface area contributed by atoms with Gasteiger partial charge in [0.1, 0.15) is 0 Å². The Balaban J connectivity index is 1.52. The fraction of sp³-hybridized carbons (Fsp3) is 0.421. The van der Waals surface area contributed by atoms with E-state index in [9.17, 15) is 4.79 Å². The Hall–Kier alpha value is -2.07. The third kappa shape index (κ3) is 2.91. The van der Waals surface area contributed by atoms with E-state index in [4.69, 9.17) is 4.42 Å². The lowest BCUT2D eigenvalue weighted by atomic mass is 9.98. The van der Waals surface area contributed by atoms with E-state index in [1.807, 2.05) is 35.2 Å². The van der Waals surface area contributed by atoms with Gasteiger partial charge in [0.25, 0.3) is 5.91 Å². The monoisotopic (exact) mass is 310 g/mol. The first-order valence-electron chi connectivity index (χ1n) is 8.47. The van der Waals surface area contributed by atoms with Crippen LogP contribution in [0.5, 0.6) is 0 Å². The van der Waals surface area contributed by atoms with Crippen LogP contribution in [0.2, 0.25) is 0 Å². The quantitative estimate of drug-likeness (QED) is 0.854. The Bertz CT molecular complexity index is 680. The molecular formula is C19H22N2O2. The molecule has 23 heavy (non-hydrogen) atoms. The van der Waals surface area contributed by atoms with Gasteiger partial charge in [-0.2, -0.15) is 0 Å². The summed E-state index contributed by atoms with van der Waals surface area (Å²) in [4.78, 5) is 17.5. The third-order valence-corrected chi connectivity index (χ3v) is 5.09. The summed E-state index contributed by atoms with van der Waals surface area (Å²) in [6.07, 6.45) is 7.19. The van der Waals surface area contributed by atoms with Gasteiger partial charge in [0.05, 0.1) is 12.5 Å². The van der Waals surface area contributed by atoms with Crippen molar-refractivity contribution in [3.63, 3.8) is 0 Å². The Morgan fingerprint density at radius 1 is 1.09 bits per heavy atom. The molecule has 1 unspecified atom stereocenters. The summed E-state index contributed by atoms with van der Waals surface area (Å²) in [7, 11) is 0. The second-order valence-corrected chi connectivity index (χ2v) is 6.53. The van der Waals surface area contributed by atoms with Crippen molar-refractivity contribution in [3.05, 3.63) is 48.4 Å². The van der Waals surface area contributed by atoms with Crippen LogP contribution >= 0.6 is 0 Å². The highest BCUT2D eigenvalue weighted by molar-refractivity contribution is 5.95. The summed E-state index contributed by atoms with van der Waals surface area (Å²) < 4.78 is 5.14. The van der Waals surface area contributed by atoms with Crippen LogP contribution in [-0.4, -0.2) is 47.9 Å². The normalized spacial score (nSPS) is 21.9. The molecule has 0 aliphatic carbocycles. The molecular weight excluding hydrogens is 288 g/mol. The predicted molar refractivity (Wildman–Crippen MR) is 89.3 cm³/mol. The zero-order valence-corrected chi connectivity index (χ0v) is 13.3. The Labute approximate surface area is 136 Å². The second kappa shape index (κ2) is 6.20. The molecule has 0 radical (unpaired) electrons. The van der Waals surface area contributed by atoms with Crippen LogP contribution in [0.25, 0.3) is 11.1 Å². The zero-order chi connectivity index (χ0) is 15.6. The van der Waals surface area contributed by atoms with E-state index in [0.717, 1.165) is 36.3 Å².